The molecule has 2 aliphatic heterocycles. The number of ether oxygens (including phenoxy) is 2. The molecule has 3 atom stereocenters. The largest absolute Gasteiger partial charge is 0.490 e. The van der Waals surface area contributed by atoms with Crippen molar-refractivity contribution in [3.05, 3.63) is 97.4 Å². The second kappa shape index (κ2) is 11.9. The van der Waals surface area contributed by atoms with Gasteiger partial charge in [-0.15, -0.1) is 0 Å². The van der Waals surface area contributed by atoms with Crippen LogP contribution in [-0.4, -0.2) is 41.2 Å². The Morgan fingerprint density at radius 3 is 2.51 bits per heavy atom. The zero-order chi connectivity index (χ0) is 30.2. The van der Waals surface area contributed by atoms with Crippen molar-refractivity contribution in [2.24, 2.45) is 5.92 Å². The zero-order valence-electron chi connectivity index (χ0n) is 23.1. The molecule has 1 fully saturated rings. The fourth-order valence-corrected chi connectivity index (χ4v) is 8.01. The van der Waals surface area contributed by atoms with Crippen molar-refractivity contribution < 1.29 is 23.9 Å². The van der Waals surface area contributed by atoms with Gasteiger partial charge < -0.3 is 19.8 Å². The quantitative estimate of drug-likeness (QED) is 0.242. The van der Waals surface area contributed by atoms with E-state index in [1.807, 2.05) is 38.1 Å². The van der Waals surface area contributed by atoms with Crippen molar-refractivity contribution in [1.29, 1.82) is 0 Å². The summed E-state index contributed by atoms with van der Waals surface area (Å²) in [6, 6.07) is 19.2. The summed E-state index contributed by atoms with van der Waals surface area (Å²) in [4.78, 5) is 57.1. The number of imide groups is 1. The highest BCUT2D eigenvalue weighted by atomic mass is 35.5. The number of carbonyl (C=O) groups excluding carboxylic acids is 3. The number of halogens is 1. The van der Waals surface area contributed by atoms with Gasteiger partial charge in [-0.25, -0.2) is 4.90 Å². The van der Waals surface area contributed by atoms with Crippen LogP contribution in [0.25, 0.3) is 0 Å². The van der Waals surface area contributed by atoms with E-state index in [9.17, 15) is 19.2 Å². The van der Waals surface area contributed by atoms with E-state index in [0.29, 0.717) is 50.0 Å². The summed E-state index contributed by atoms with van der Waals surface area (Å²) < 4.78 is 11.7. The number of H-pyrrole nitrogens is 1. The van der Waals surface area contributed by atoms with Crippen LogP contribution in [0, 0.1) is 12.8 Å². The maximum atomic E-state index is 13.9. The number of fused-ring (bicyclic) bond motifs is 2. The zero-order valence-corrected chi connectivity index (χ0v) is 25.5. The van der Waals surface area contributed by atoms with Crippen LogP contribution < -0.4 is 24.6 Å². The molecule has 3 aromatic carbocycles. The van der Waals surface area contributed by atoms with Gasteiger partial charge in [-0.1, -0.05) is 59.0 Å². The molecule has 2 unspecified atom stereocenters. The van der Waals surface area contributed by atoms with E-state index in [4.69, 9.17) is 21.1 Å². The third-order valence-electron chi connectivity index (χ3n) is 7.31. The van der Waals surface area contributed by atoms with Crippen molar-refractivity contribution in [1.82, 2.24) is 4.98 Å². The number of rotatable bonds is 8. The molecule has 1 aromatic heterocycles. The lowest BCUT2D eigenvalue weighted by Crippen LogP contribution is -2.32. The molecule has 0 bridgehead atoms. The van der Waals surface area contributed by atoms with E-state index in [1.165, 1.54) is 16.7 Å². The summed E-state index contributed by atoms with van der Waals surface area (Å²) in [6.45, 7) is 3.81. The van der Waals surface area contributed by atoms with Gasteiger partial charge in [0, 0.05) is 21.5 Å². The average molecular weight is 636 g/mol. The van der Waals surface area contributed by atoms with Crippen molar-refractivity contribution in [3.8, 4) is 11.5 Å². The maximum absolute atomic E-state index is 13.9. The van der Waals surface area contributed by atoms with E-state index >= 15 is 0 Å². The molecule has 0 saturated carbocycles. The number of nitrogens with one attached hydrogen (secondary N) is 2. The summed E-state index contributed by atoms with van der Waals surface area (Å²) in [7, 11) is 0. The molecule has 1 saturated heterocycles. The van der Waals surface area contributed by atoms with Crippen LogP contribution >= 0.6 is 34.7 Å². The Morgan fingerprint density at radius 2 is 1.77 bits per heavy atom. The Labute approximate surface area is 260 Å². The molecule has 4 aromatic rings. The van der Waals surface area contributed by atoms with Crippen LogP contribution in [0.1, 0.15) is 28.8 Å². The Bertz CT molecular complexity index is 1790. The van der Waals surface area contributed by atoms with E-state index < -0.39 is 17.1 Å². The van der Waals surface area contributed by atoms with E-state index in [-0.39, 0.29) is 29.2 Å². The van der Waals surface area contributed by atoms with E-state index in [2.05, 4.69) is 10.3 Å². The number of anilines is 2. The molecular formula is C31H26ClN3O6S2. The fourth-order valence-electron chi connectivity index (χ4n) is 5.37. The first-order valence-corrected chi connectivity index (χ1v) is 15.6. The van der Waals surface area contributed by atoms with Gasteiger partial charge >= 0.3 is 4.87 Å². The highest BCUT2D eigenvalue weighted by Gasteiger charge is 2.56. The van der Waals surface area contributed by atoms with Gasteiger partial charge in [-0.05, 0) is 67.4 Å². The number of para-hydroxylation sites is 1. The molecule has 2 N–H and O–H groups in total. The number of thioether (sulfide) groups is 1. The smallest absolute Gasteiger partial charge is 0.305 e. The Hall–Kier alpha value is -4.06. The Balaban J connectivity index is 1.32. The number of hydrogen-bond donors (Lipinski definition) is 2. The minimum Gasteiger partial charge on any atom is -0.490 e. The lowest BCUT2D eigenvalue weighted by Gasteiger charge is -2.30. The predicted octanol–water partition coefficient (Wildman–Crippen LogP) is 5.61. The van der Waals surface area contributed by atoms with Crippen LogP contribution in [0.2, 0.25) is 5.02 Å². The van der Waals surface area contributed by atoms with Crippen LogP contribution in [0.5, 0.6) is 11.5 Å². The Morgan fingerprint density at radius 1 is 1.00 bits per heavy atom. The second-order valence-corrected chi connectivity index (χ2v) is 12.6. The van der Waals surface area contributed by atoms with Gasteiger partial charge in [0.1, 0.15) is 5.25 Å². The molecule has 9 nitrogen and oxygen atoms in total. The highest BCUT2D eigenvalue weighted by Crippen LogP contribution is 2.53. The fraction of sp³-hybridized carbons (Fsp3) is 0.226. The first-order chi connectivity index (χ1) is 20.7. The number of amides is 3. The van der Waals surface area contributed by atoms with Crippen molar-refractivity contribution >= 4 is 63.8 Å². The van der Waals surface area contributed by atoms with Gasteiger partial charge in [-0.2, -0.15) is 0 Å². The number of aromatic amines is 1. The Kier molecular flexibility index (Phi) is 8.04. The molecule has 0 spiro atoms. The molecule has 220 valence electrons. The van der Waals surface area contributed by atoms with Gasteiger partial charge in [0.25, 0.3) is 5.91 Å². The number of hydrogen-bond acceptors (Lipinski definition) is 8. The summed E-state index contributed by atoms with van der Waals surface area (Å²) >= 11 is 8.28. The van der Waals surface area contributed by atoms with Crippen LogP contribution in [-0.2, 0) is 14.4 Å². The lowest BCUT2D eigenvalue weighted by molar-refractivity contribution is -0.122. The van der Waals surface area contributed by atoms with Gasteiger partial charge in [0.05, 0.1) is 23.2 Å². The van der Waals surface area contributed by atoms with E-state index in [0.717, 1.165) is 16.9 Å². The van der Waals surface area contributed by atoms with Crippen LogP contribution in [0.3, 0.4) is 0 Å². The van der Waals surface area contributed by atoms with Gasteiger partial charge in [-0.3, -0.25) is 19.2 Å². The molecule has 2 aliphatic rings. The number of aromatic nitrogens is 1. The first kappa shape index (κ1) is 29.0. The number of benzene rings is 3. The summed E-state index contributed by atoms with van der Waals surface area (Å²) in [5.74, 6) is -1.64. The highest BCUT2D eigenvalue weighted by molar-refractivity contribution is 8.00. The number of carbonyl (C=O) groups is 3. The minimum atomic E-state index is -0.756. The maximum Gasteiger partial charge on any atom is 0.305 e. The SMILES string of the molecule is CCOc1cc([C@H]2c3sc(=O)[nH]c3SC3C(=O)N(c4ccc(Cl)cc4)C(=O)C32)ccc1OCC(=O)Nc1ccccc1C. The summed E-state index contributed by atoms with van der Waals surface area (Å²) in [6.07, 6.45) is 0. The minimum absolute atomic E-state index is 0.245. The predicted molar refractivity (Wildman–Crippen MR) is 167 cm³/mol. The number of nitrogens with zero attached hydrogens (tertiary/aromatic N) is 1. The monoisotopic (exact) mass is 635 g/mol. The molecule has 0 radical (unpaired) electrons. The molecule has 0 aliphatic carbocycles. The molecule has 6 rings (SSSR count). The molecule has 3 heterocycles. The molecule has 3 amide bonds. The number of thiazole rings is 1. The summed E-state index contributed by atoms with van der Waals surface area (Å²) in [5, 5.41) is 3.18. The standard InChI is InChI=1S/C31H26ClN3O6S2/c1-3-40-22-14-17(8-13-21(22)41-15-23(36)33-20-7-5-4-6-16(20)2)24-25-27(42-28-26(24)43-31(39)34-28)30(38)35(29(25)37)19-11-9-18(32)10-12-19/h4-14,24-25,27H,3,15H2,1-2H3,(H,33,36)(H,34,39)/t24-,25?,27?/m1/s1. The molecule has 12 heteroatoms. The second-order valence-electron chi connectivity index (χ2n) is 10.0. The van der Waals surface area contributed by atoms with Gasteiger partial charge in [0.15, 0.2) is 18.1 Å². The summed E-state index contributed by atoms with van der Waals surface area (Å²) in [5.41, 5.74) is 2.75. The normalized spacial score (nSPS) is 19.1. The number of aryl methyl sites for hydroxylation is 1. The average Bonchev–Trinajstić information content (AvgIpc) is 3.48. The first-order valence-electron chi connectivity index (χ1n) is 13.5. The van der Waals surface area contributed by atoms with Crippen LogP contribution in [0.15, 0.2) is 76.6 Å². The third-order valence-corrected chi connectivity index (χ3v) is 9.97. The van der Waals surface area contributed by atoms with Crippen LogP contribution in [0.4, 0.5) is 11.4 Å². The van der Waals surface area contributed by atoms with Crippen molar-refractivity contribution in [2.45, 2.75) is 30.0 Å². The third kappa shape index (κ3) is 5.55. The molecular weight excluding hydrogens is 610 g/mol. The lowest BCUT2D eigenvalue weighted by atomic mass is 9.83. The molecule has 43 heavy (non-hydrogen) atoms. The van der Waals surface area contributed by atoms with Crippen molar-refractivity contribution in [3.63, 3.8) is 0 Å². The van der Waals surface area contributed by atoms with Crippen molar-refractivity contribution in [2.75, 3.05) is 23.4 Å². The van der Waals surface area contributed by atoms with Gasteiger partial charge in [0.2, 0.25) is 11.8 Å². The van der Waals surface area contributed by atoms with E-state index in [1.54, 1.807) is 42.5 Å². The topological polar surface area (TPSA) is 118 Å².